The van der Waals surface area contributed by atoms with Crippen LogP contribution >= 0.6 is 0 Å². The lowest BCUT2D eigenvalue weighted by Gasteiger charge is -2.32. The molecule has 32 heavy (non-hydrogen) atoms. The van der Waals surface area contributed by atoms with Crippen molar-refractivity contribution in [3.63, 3.8) is 0 Å². The normalized spacial score (nSPS) is 17.4. The Morgan fingerprint density at radius 1 is 1.16 bits per heavy atom. The van der Waals surface area contributed by atoms with Gasteiger partial charge in [-0.05, 0) is 23.8 Å². The van der Waals surface area contributed by atoms with E-state index in [1.54, 1.807) is 61.7 Å². The summed E-state index contributed by atoms with van der Waals surface area (Å²) in [6.45, 7) is 0. The molecule has 1 aliphatic heterocycles. The Morgan fingerprint density at radius 3 is 2.50 bits per heavy atom. The van der Waals surface area contributed by atoms with Gasteiger partial charge in [-0.3, -0.25) is 14.4 Å². The molecule has 1 heterocycles. The van der Waals surface area contributed by atoms with E-state index in [-0.39, 0.29) is 39.6 Å². The monoisotopic (exact) mass is 426 g/mol. The second-order valence-corrected chi connectivity index (χ2v) is 7.10. The predicted octanol–water partition coefficient (Wildman–Crippen LogP) is 1.82. The Kier molecular flexibility index (Phi) is 5.31. The van der Waals surface area contributed by atoms with Crippen molar-refractivity contribution in [3.05, 3.63) is 94.0 Å². The summed E-state index contributed by atoms with van der Waals surface area (Å²) >= 11 is 0. The number of dihydropyridines is 1. The maximum atomic E-state index is 13.0. The third-order valence-corrected chi connectivity index (χ3v) is 5.23. The number of ketones is 2. The van der Waals surface area contributed by atoms with Crippen molar-refractivity contribution in [2.24, 2.45) is 5.73 Å². The number of fused-ring (bicyclic) bond motifs is 2. The number of nitrogens with zero attached hydrogens (tertiary/aromatic N) is 1. The van der Waals surface area contributed by atoms with Crippen molar-refractivity contribution >= 4 is 23.5 Å². The van der Waals surface area contributed by atoms with Crippen LogP contribution in [0.15, 0.2) is 77.3 Å². The summed E-state index contributed by atoms with van der Waals surface area (Å²) < 4.78 is 5.09. The van der Waals surface area contributed by atoms with Crippen LogP contribution in [0.4, 0.5) is 0 Å². The number of ether oxygens (including phenoxy) is 1. The number of amides is 1. The van der Waals surface area contributed by atoms with Crippen LogP contribution < -0.4 is 21.1 Å². The molecule has 0 spiro atoms. The lowest BCUT2D eigenvalue weighted by molar-refractivity contribution is -0.115. The van der Waals surface area contributed by atoms with Crippen LogP contribution in [0.1, 0.15) is 26.3 Å². The summed E-state index contributed by atoms with van der Waals surface area (Å²) in [5.74, 6) is -0.664. The van der Waals surface area contributed by atoms with E-state index < -0.39 is 17.7 Å². The second kappa shape index (κ2) is 8.24. The molecule has 4 N–H and O–H groups in total. The molecule has 1 amide bonds. The Morgan fingerprint density at radius 2 is 1.84 bits per heavy atom. The van der Waals surface area contributed by atoms with Crippen molar-refractivity contribution in [1.29, 1.82) is 5.26 Å². The van der Waals surface area contributed by atoms with Crippen LogP contribution in [-0.4, -0.2) is 30.6 Å². The fourth-order valence-electron chi connectivity index (χ4n) is 3.63. The number of allylic oxidation sites excluding steroid dienone is 1. The molecule has 0 saturated carbocycles. The van der Waals surface area contributed by atoms with E-state index >= 15 is 0 Å². The molecule has 0 saturated heterocycles. The molecule has 1 unspecified atom stereocenters. The summed E-state index contributed by atoms with van der Waals surface area (Å²) in [6, 6.07) is 14.3. The Balaban J connectivity index is 1.62. The van der Waals surface area contributed by atoms with Crippen LogP contribution in [-0.2, 0) is 4.79 Å². The number of nitriles is 1. The number of methoxy groups -OCH3 is 1. The van der Waals surface area contributed by atoms with Gasteiger partial charge in [0.05, 0.1) is 18.4 Å². The molecule has 4 rings (SSSR count). The predicted molar refractivity (Wildman–Crippen MR) is 116 cm³/mol. The van der Waals surface area contributed by atoms with Crippen molar-refractivity contribution in [2.45, 2.75) is 6.04 Å². The molecule has 0 bridgehead atoms. The first kappa shape index (κ1) is 20.6. The van der Waals surface area contributed by atoms with Crippen LogP contribution in [0.2, 0.25) is 0 Å². The highest BCUT2D eigenvalue weighted by Gasteiger charge is 2.42. The average Bonchev–Trinajstić information content (AvgIpc) is 2.81. The number of carbonyl (C=O) groups excluding carboxylic acids is 3. The molecule has 2 aromatic rings. The molecular formula is C24H18N4O4. The van der Waals surface area contributed by atoms with Crippen molar-refractivity contribution < 1.29 is 19.1 Å². The van der Waals surface area contributed by atoms with Crippen LogP contribution in [0.3, 0.4) is 0 Å². The van der Waals surface area contributed by atoms with Gasteiger partial charge in [0.15, 0.2) is 11.6 Å². The Labute approximate surface area is 183 Å². The standard InChI is InChI=1S/C24H18N4O4/c1-32-14-9-6-13(7-10-14)8-11-18(29)27-24-17(12-25)20(26)19-21(28-24)23(31)16-5-3-2-4-15(16)22(19)30/h2-11,21,28H,26H2,1H3,(H,27,29). The maximum absolute atomic E-state index is 13.0. The molecule has 2 aliphatic rings. The SMILES string of the molecule is COc1ccc(C=CC(=O)NC2=C(C#N)C(N)=C3C(=O)c4ccccc4C(=O)C3N2)cc1. The molecular weight excluding hydrogens is 408 g/mol. The van der Waals surface area contributed by atoms with Gasteiger partial charge >= 0.3 is 0 Å². The highest BCUT2D eigenvalue weighted by atomic mass is 16.5. The number of rotatable bonds is 4. The minimum atomic E-state index is -1.09. The zero-order valence-corrected chi connectivity index (χ0v) is 17.0. The average molecular weight is 426 g/mol. The number of hydrogen-bond donors (Lipinski definition) is 3. The molecule has 158 valence electrons. The minimum absolute atomic E-state index is 0.0111. The highest BCUT2D eigenvalue weighted by Crippen LogP contribution is 2.31. The molecule has 0 aromatic heterocycles. The van der Waals surface area contributed by atoms with Gasteiger partial charge in [0.25, 0.3) is 0 Å². The van der Waals surface area contributed by atoms with Crippen molar-refractivity contribution in [3.8, 4) is 11.8 Å². The fraction of sp³-hybridized carbons (Fsp3) is 0.0833. The topological polar surface area (TPSA) is 134 Å². The van der Waals surface area contributed by atoms with Gasteiger partial charge in [0.2, 0.25) is 5.91 Å². The van der Waals surface area contributed by atoms with Crippen molar-refractivity contribution in [1.82, 2.24) is 10.6 Å². The fourth-order valence-corrected chi connectivity index (χ4v) is 3.63. The first-order valence-corrected chi connectivity index (χ1v) is 9.66. The minimum Gasteiger partial charge on any atom is -0.497 e. The Hall–Kier alpha value is -4.64. The van der Waals surface area contributed by atoms with E-state index in [4.69, 9.17) is 10.5 Å². The third kappa shape index (κ3) is 3.52. The first-order chi connectivity index (χ1) is 15.4. The van der Waals surface area contributed by atoms with E-state index in [1.165, 1.54) is 6.08 Å². The van der Waals surface area contributed by atoms with Crippen LogP contribution in [0, 0.1) is 11.3 Å². The third-order valence-electron chi connectivity index (χ3n) is 5.23. The van der Waals surface area contributed by atoms with E-state index in [2.05, 4.69) is 10.6 Å². The van der Waals surface area contributed by atoms with Gasteiger partial charge in [-0.25, -0.2) is 0 Å². The van der Waals surface area contributed by atoms with Crippen LogP contribution in [0.25, 0.3) is 6.08 Å². The zero-order chi connectivity index (χ0) is 22.8. The lowest BCUT2D eigenvalue weighted by Crippen LogP contribution is -2.51. The summed E-state index contributed by atoms with van der Waals surface area (Å²) in [7, 11) is 1.56. The number of carbonyl (C=O) groups is 3. The second-order valence-electron chi connectivity index (χ2n) is 7.10. The summed E-state index contributed by atoms with van der Waals surface area (Å²) in [5.41, 5.74) is 7.15. The van der Waals surface area contributed by atoms with E-state index in [1.807, 2.05) is 6.07 Å². The number of hydrogen-bond acceptors (Lipinski definition) is 7. The molecule has 8 heteroatoms. The highest BCUT2D eigenvalue weighted by molar-refractivity contribution is 6.25. The van der Waals surface area contributed by atoms with E-state index in [0.29, 0.717) is 5.75 Å². The smallest absolute Gasteiger partial charge is 0.249 e. The molecule has 8 nitrogen and oxygen atoms in total. The molecule has 2 aromatic carbocycles. The largest absolute Gasteiger partial charge is 0.497 e. The number of benzene rings is 2. The molecule has 0 fully saturated rings. The zero-order valence-electron chi connectivity index (χ0n) is 17.0. The molecule has 0 radical (unpaired) electrons. The number of Topliss-reactive ketones (excluding diaryl/α,β-unsaturated/α-hetero) is 2. The van der Waals surface area contributed by atoms with Gasteiger partial charge in [-0.2, -0.15) is 5.26 Å². The maximum Gasteiger partial charge on any atom is 0.249 e. The summed E-state index contributed by atoms with van der Waals surface area (Å²) in [6.07, 6.45) is 2.87. The van der Waals surface area contributed by atoms with E-state index in [9.17, 15) is 19.6 Å². The quantitative estimate of drug-likeness (QED) is 0.635. The Bertz CT molecular complexity index is 1280. The first-order valence-electron chi connectivity index (χ1n) is 9.66. The van der Waals surface area contributed by atoms with Gasteiger partial charge < -0.3 is 21.1 Å². The van der Waals surface area contributed by atoms with Crippen LogP contribution in [0.5, 0.6) is 5.75 Å². The van der Waals surface area contributed by atoms with Gasteiger partial charge in [0, 0.05) is 17.2 Å². The van der Waals surface area contributed by atoms with Crippen molar-refractivity contribution in [2.75, 3.05) is 7.11 Å². The van der Waals surface area contributed by atoms with Gasteiger partial charge in [0.1, 0.15) is 29.3 Å². The summed E-state index contributed by atoms with van der Waals surface area (Å²) in [5, 5.41) is 15.0. The van der Waals surface area contributed by atoms with Gasteiger partial charge in [-0.1, -0.05) is 36.4 Å². The number of nitrogens with two attached hydrogens (primary N) is 1. The number of nitrogens with one attached hydrogen (secondary N) is 2. The van der Waals surface area contributed by atoms with E-state index in [0.717, 1.165) is 5.56 Å². The molecule has 1 aliphatic carbocycles. The summed E-state index contributed by atoms with van der Waals surface area (Å²) in [4.78, 5) is 38.4. The molecule has 1 atom stereocenters. The van der Waals surface area contributed by atoms with Gasteiger partial charge in [-0.15, -0.1) is 0 Å². The lowest BCUT2D eigenvalue weighted by atomic mass is 9.79.